The van der Waals surface area contributed by atoms with Crippen molar-refractivity contribution in [3.63, 3.8) is 0 Å². The molecule has 0 aliphatic carbocycles. The molecule has 2 heterocycles. The lowest BCUT2D eigenvalue weighted by Gasteiger charge is -2.26. The predicted octanol–water partition coefficient (Wildman–Crippen LogP) is -1.45. The first-order valence-corrected chi connectivity index (χ1v) is 3.95. The minimum atomic E-state index is -0.344. The average molecular weight is 156 g/mol. The van der Waals surface area contributed by atoms with Crippen molar-refractivity contribution in [3.8, 4) is 0 Å². The monoisotopic (exact) mass is 156 g/mol. The van der Waals surface area contributed by atoms with Gasteiger partial charge in [-0.1, -0.05) is 0 Å². The van der Waals surface area contributed by atoms with Crippen LogP contribution >= 0.6 is 0 Å². The van der Waals surface area contributed by atoms with Crippen molar-refractivity contribution in [2.24, 2.45) is 0 Å². The Hall–Kier alpha value is -0.610. The topological polar surface area (TPSA) is 52.6 Å². The standard InChI is InChI=1S/C7H12N2O2/c10-4-7(11)9-3-5-1-6(9)2-8-5/h5-6,8,10H,1-4H2. The molecule has 4 heteroatoms. The van der Waals surface area contributed by atoms with Crippen molar-refractivity contribution in [2.45, 2.75) is 18.5 Å². The van der Waals surface area contributed by atoms with Crippen LogP contribution in [0.1, 0.15) is 6.42 Å². The van der Waals surface area contributed by atoms with Gasteiger partial charge in [0.05, 0.1) is 0 Å². The molecule has 2 aliphatic rings. The molecule has 0 saturated carbocycles. The number of piperazine rings is 1. The van der Waals surface area contributed by atoms with Crippen LogP contribution in [0.5, 0.6) is 0 Å². The van der Waals surface area contributed by atoms with Gasteiger partial charge in [-0.25, -0.2) is 0 Å². The van der Waals surface area contributed by atoms with Gasteiger partial charge < -0.3 is 15.3 Å². The molecule has 2 aliphatic heterocycles. The average Bonchev–Trinajstić information content (AvgIpc) is 2.62. The van der Waals surface area contributed by atoms with E-state index in [9.17, 15) is 4.79 Å². The molecule has 2 atom stereocenters. The van der Waals surface area contributed by atoms with Gasteiger partial charge in [0.2, 0.25) is 5.91 Å². The number of aliphatic hydroxyl groups excluding tert-OH is 1. The van der Waals surface area contributed by atoms with Gasteiger partial charge >= 0.3 is 0 Å². The van der Waals surface area contributed by atoms with Crippen LogP contribution in [-0.2, 0) is 4.79 Å². The van der Waals surface area contributed by atoms with Crippen LogP contribution in [0.2, 0.25) is 0 Å². The molecule has 0 aromatic rings. The molecule has 0 aromatic heterocycles. The van der Waals surface area contributed by atoms with E-state index >= 15 is 0 Å². The molecule has 0 radical (unpaired) electrons. The van der Waals surface area contributed by atoms with Gasteiger partial charge in [0, 0.05) is 25.2 Å². The fourth-order valence-corrected chi connectivity index (χ4v) is 1.96. The summed E-state index contributed by atoms with van der Waals surface area (Å²) in [6.45, 7) is 1.34. The molecule has 2 unspecified atom stereocenters. The second-order valence-corrected chi connectivity index (χ2v) is 3.20. The van der Waals surface area contributed by atoms with Crippen LogP contribution in [0.4, 0.5) is 0 Å². The summed E-state index contributed by atoms with van der Waals surface area (Å²) in [5.74, 6) is -0.126. The van der Waals surface area contributed by atoms with Crippen molar-refractivity contribution in [1.82, 2.24) is 10.2 Å². The van der Waals surface area contributed by atoms with Crippen molar-refractivity contribution in [1.29, 1.82) is 0 Å². The van der Waals surface area contributed by atoms with Crippen LogP contribution in [-0.4, -0.2) is 47.7 Å². The molecular weight excluding hydrogens is 144 g/mol. The van der Waals surface area contributed by atoms with E-state index in [4.69, 9.17) is 5.11 Å². The Morgan fingerprint density at radius 3 is 3.00 bits per heavy atom. The Morgan fingerprint density at radius 1 is 1.73 bits per heavy atom. The summed E-state index contributed by atoms with van der Waals surface area (Å²) < 4.78 is 0. The number of likely N-dealkylation sites (tertiary alicyclic amines) is 1. The fraction of sp³-hybridized carbons (Fsp3) is 0.857. The van der Waals surface area contributed by atoms with E-state index in [1.54, 1.807) is 4.90 Å². The van der Waals surface area contributed by atoms with Crippen molar-refractivity contribution < 1.29 is 9.90 Å². The minimum absolute atomic E-state index is 0.126. The van der Waals surface area contributed by atoms with E-state index in [-0.39, 0.29) is 12.5 Å². The summed E-state index contributed by atoms with van der Waals surface area (Å²) in [5, 5.41) is 11.9. The Morgan fingerprint density at radius 2 is 2.55 bits per heavy atom. The minimum Gasteiger partial charge on any atom is -0.387 e. The maximum atomic E-state index is 11.1. The first kappa shape index (κ1) is 7.06. The summed E-state index contributed by atoms with van der Waals surface area (Å²) in [7, 11) is 0. The summed E-state index contributed by atoms with van der Waals surface area (Å²) >= 11 is 0. The fourth-order valence-electron chi connectivity index (χ4n) is 1.96. The Kier molecular flexibility index (Phi) is 1.58. The number of nitrogens with one attached hydrogen (secondary N) is 1. The Labute approximate surface area is 65.2 Å². The first-order chi connectivity index (χ1) is 5.31. The van der Waals surface area contributed by atoms with E-state index in [1.807, 2.05) is 0 Å². The molecule has 2 rings (SSSR count). The lowest BCUT2D eigenvalue weighted by molar-refractivity contribution is -0.135. The zero-order valence-corrected chi connectivity index (χ0v) is 6.29. The molecule has 0 spiro atoms. The van der Waals surface area contributed by atoms with Crippen LogP contribution in [0.3, 0.4) is 0 Å². The van der Waals surface area contributed by atoms with E-state index in [2.05, 4.69) is 5.32 Å². The summed E-state index contributed by atoms with van der Waals surface area (Å²) in [6, 6.07) is 0.829. The highest BCUT2D eigenvalue weighted by molar-refractivity contribution is 5.78. The maximum absolute atomic E-state index is 11.1. The van der Waals surface area contributed by atoms with Gasteiger partial charge in [-0.3, -0.25) is 4.79 Å². The van der Waals surface area contributed by atoms with Gasteiger partial charge in [-0.15, -0.1) is 0 Å². The number of hydrogen-bond donors (Lipinski definition) is 2. The second kappa shape index (κ2) is 2.46. The summed E-state index contributed by atoms with van der Waals surface area (Å²) in [4.78, 5) is 12.8. The van der Waals surface area contributed by atoms with Gasteiger partial charge in [0.15, 0.2) is 0 Å². The van der Waals surface area contributed by atoms with Gasteiger partial charge in [0.1, 0.15) is 6.61 Å². The number of rotatable bonds is 1. The van der Waals surface area contributed by atoms with Crippen LogP contribution in [0, 0.1) is 0 Å². The molecular formula is C7H12N2O2. The van der Waals surface area contributed by atoms with Crippen molar-refractivity contribution in [3.05, 3.63) is 0 Å². The van der Waals surface area contributed by atoms with Crippen LogP contribution in [0.15, 0.2) is 0 Å². The number of aliphatic hydroxyl groups is 1. The molecule has 2 bridgehead atoms. The largest absolute Gasteiger partial charge is 0.387 e. The number of nitrogens with zero attached hydrogens (tertiary/aromatic N) is 1. The quantitative estimate of drug-likeness (QED) is 0.488. The highest BCUT2D eigenvalue weighted by Gasteiger charge is 2.39. The molecule has 62 valence electrons. The third-order valence-electron chi connectivity index (χ3n) is 2.51. The van der Waals surface area contributed by atoms with Crippen molar-refractivity contribution >= 4 is 5.91 Å². The molecule has 2 fully saturated rings. The van der Waals surface area contributed by atoms with E-state index in [0.29, 0.717) is 12.1 Å². The smallest absolute Gasteiger partial charge is 0.248 e. The predicted molar refractivity (Wildman–Crippen MR) is 39.0 cm³/mol. The number of carbonyl (C=O) groups excluding carboxylic acids is 1. The number of fused-ring (bicyclic) bond motifs is 2. The zero-order valence-electron chi connectivity index (χ0n) is 6.29. The third-order valence-corrected chi connectivity index (χ3v) is 2.51. The Balaban J connectivity index is 2.02. The maximum Gasteiger partial charge on any atom is 0.248 e. The first-order valence-electron chi connectivity index (χ1n) is 3.95. The normalized spacial score (nSPS) is 34.8. The van der Waals surface area contributed by atoms with Crippen molar-refractivity contribution in [2.75, 3.05) is 19.7 Å². The highest BCUT2D eigenvalue weighted by Crippen LogP contribution is 2.22. The van der Waals surface area contributed by atoms with Gasteiger partial charge in [-0.05, 0) is 6.42 Å². The molecule has 0 aromatic carbocycles. The van der Waals surface area contributed by atoms with E-state index in [1.165, 1.54) is 0 Å². The molecule has 11 heavy (non-hydrogen) atoms. The lowest BCUT2D eigenvalue weighted by atomic mass is 10.2. The number of amides is 1. The van der Waals surface area contributed by atoms with E-state index < -0.39 is 0 Å². The van der Waals surface area contributed by atoms with Crippen LogP contribution in [0.25, 0.3) is 0 Å². The molecule has 2 saturated heterocycles. The van der Waals surface area contributed by atoms with Gasteiger partial charge in [-0.2, -0.15) is 0 Å². The van der Waals surface area contributed by atoms with Crippen LogP contribution < -0.4 is 5.32 Å². The highest BCUT2D eigenvalue weighted by atomic mass is 16.3. The zero-order chi connectivity index (χ0) is 7.84. The Bertz CT molecular complexity index is 183. The molecule has 4 nitrogen and oxygen atoms in total. The third kappa shape index (κ3) is 1.02. The van der Waals surface area contributed by atoms with E-state index in [0.717, 1.165) is 19.5 Å². The summed E-state index contributed by atoms with van der Waals surface area (Å²) in [5.41, 5.74) is 0. The second-order valence-electron chi connectivity index (χ2n) is 3.20. The van der Waals surface area contributed by atoms with Gasteiger partial charge in [0.25, 0.3) is 0 Å². The molecule has 1 amide bonds. The SMILES string of the molecule is O=C(CO)N1CC2CC1CN2. The lowest BCUT2D eigenvalue weighted by Crippen LogP contribution is -2.47. The summed E-state index contributed by atoms with van der Waals surface area (Å²) in [6.07, 6.45) is 1.06. The number of carbonyl (C=O) groups is 1. The number of hydrogen-bond acceptors (Lipinski definition) is 3. The molecule has 2 N–H and O–H groups in total.